The Bertz CT molecular complexity index is 1110. The van der Waals surface area contributed by atoms with Crippen LogP contribution in [0.15, 0.2) is 48.5 Å². The van der Waals surface area contributed by atoms with Gasteiger partial charge in [0.05, 0.1) is 18.4 Å². The highest BCUT2D eigenvalue weighted by Crippen LogP contribution is 2.37. The van der Waals surface area contributed by atoms with Gasteiger partial charge in [0.2, 0.25) is 0 Å². The van der Waals surface area contributed by atoms with Crippen molar-refractivity contribution in [2.45, 2.75) is 43.7 Å². The molecule has 0 spiro atoms. The fourth-order valence-electron chi connectivity index (χ4n) is 5.80. The standard InChI is InChI=1S/C27H30N2O6/c30-24(31)15-22(26(32)33)18-5-7-20(8-6-18)25-21-4-2-1-3-17(21)11-14-29(25)27(34)35-23-16-28-12-9-19(23)10-13-28/h1-8,19,22-23,25H,9-16H2,(H,30,31)(H,32,33)/t22?,23-,25?/m0/s1. The summed E-state index contributed by atoms with van der Waals surface area (Å²) in [5, 5.41) is 18.6. The Morgan fingerprint density at radius 3 is 2.31 bits per heavy atom. The SMILES string of the molecule is O=C(O)CC(C(=O)O)c1ccc(C2c3ccccc3CCN2C(=O)O[C@H]2CN3CCC2CC3)cc1. The molecule has 3 saturated heterocycles. The van der Waals surface area contributed by atoms with Crippen molar-refractivity contribution in [2.75, 3.05) is 26.2 Å². The van der Waals surface area contributed by atoms with Crippen molar-refractivity contribution in [3.05, 3.63) is 70.8 Å². The maximum atomic E-state index is 13.5. The number of rotatable bonds is 6. The first-order valence-corrected chi connectivity index (χ1v) is 12.2. The van der Waals surface area contributed by atoms with E-state index in [-0.39, 0.29) is 18.2 Å². The van der Waals surface area contributed by atoms with Crippen LogP contribution in [0.25, 0.3) is 0 Å². The van der Waals surface area contributed by atoms with Crippen LogP contribution < -0.4 is 0 Å². The van der Waals surface area contributed by atoms with E-state index in [1.807, 2.05) is 18.2 Å². The van der Waals surface area contributed by atoms with E-state index in [9.17, 15) is 19.5 Å². The second-order valence-electron chi connectivity index (χ2n) is 9.76. The molecule has 4 aliphatic heterocycles. The van der Waals surface area contributed by atoms with Crippen LogP contribution in [-0.2, 0) is 20.7 Å². The molecule has 3 atom stereocenters. The van der Waals surface area contributed by atoms with E-state index in [0.29, 0.717) is 18.0 Å². The number of aliphatic carboxylic acids is 2. The number of nitrogens with zero attached hydrogens (tertiary/aromatic N) is 2. The number of carboxylic acids is 2. The summed E-state index contributed by atoms with van der Waals surface area (Å²) in [5.74, 6) is -3.05. The van der Waals surface area contributed by atoms with Gasteiger partial charge in [-0.2, -0.15) is 0 Å². The van der Waals surface area contributed by atoms with Gasteiger partial charge in [0, 0.05) is 13.1 Å². The second-order valence-corrected chi connectivity index (χ2v) is 9.76. The van der Waals surface area contributed by atoms with Gasteiger partial charge in [-0.1, -0.05) is 48.5 Å². The highest BCUT2D eigenvalue weighted by molar-refractivity contribution is 5.82. The number of hydrogen-bond donors (Lipinski definition) is 2. The maximum Gasteiger partial charge on any atom is 0.410 e. The van der Waals surface area contributed by atoms with Crippen molar-refractivity contribution in [3.8, 4) is 0 Å². The average Bonchev–Trinajstić information content (AvgIpc) is 2.87. The molecule has 4 heterocycles. The quantitative estimate of drug-likeness (QED) is 0.654. The van der Waals surface area contributed by atoms with Gasteiger partial charge in [-0.15, -0.1) is 0 Å². The van der Waals surface area contributed by atoms with Gasteiger partial charge in [0.25, 0.3) is 0 Å². The van der Waals surface area contributed by atoms with E-state index in [1.165, 1.54) is 5.56 Å². The van der Waals surface area contributed by atoms with Crippen molar-refractivity contribution >= 4 is 18.0 Å². The van der Waals surface area contributed by atoms with Gasteiger partial charge in [0.15, 0.2) is 0 Å². The van der Waals surface area contributed by atoms with Crippen LogP contribution in [0.4, 0.5) is 4.79 Å². The molecule has 0 aliphatic carbocycles. The number of piperidine rings is 3. The van der Waals surface area contributed by atoms with Crippen LogP contribution >= 0.6 is 0 Å². The minimum absolute atomic E-state index is 0.0856. The lowest BCUT2D eigenvalue weighted by atomic mass is 9.85. The molecule has 2 aromatic rings. The molecule has 2 bridgehead atoms. The number of carbonyl (C=O) groups excluding carboxylic acids is 1. The smallest absolute Gasteiger partial charge is 0.410 e. The van der Waals surface area contributed by atoms with Crippen LogP contribution in [0, 0.1) is 5.92 Å². The number of amides is 1. The minimum Gasteiger partial charge on any atom is -0.481 e. The van der Waals surface area contributed by atoms with Crippen molar-refractivity contribution in [1.29, 1.82) is 0 Å². The molecule has 0 aromatic heterocycles. The molecular formula is C27H30N2O6. The predicted molar refractivity (Wildman–Crippen MR) is 127 cm³/mol. The Kier molecular flexibility index (Phi) is 6.47. The molecule has 8 heteroatoms. The zero-order valence-corrected chi connectivity index (χ0v) is 19.5. The van der Waals surface area contributed by atoms with Gasteiger partial charge < -0.3 is 14.9 Å². The first kappa shape index (κ1) is 23.4. The summed E-state index contributed by atoms with van der Waals surface area (Å²) in [6, 6.07) is 14.6. The minimum atomic E-state index is -1.18. The third-order valence-corrected chi connectivity index (χ3v) is 7.70. The largest absolute Gasteiger partial charge is 0.481 e. The highest BCUT2D eigenvalue weighted by Gasteiger charge is 2.39. The average molecular weight is 479 g/mol. The van der Waals surface area contributed by atoms with Crippen molar-refractivity contribution in [1.82, 2.24) is 9.80 Å². The van der Waals surface area contributed by atoms with Gasteiger partial charge in [-0.05, 0) is 60.5 Å². The molecule has 2 unspecified atom stereocenters. The predicted octanol–water partition coefficient (Wildman–Crippen LogP) is 3.51. The van der Waals surface area contributed by atoms with Crippen molar-refractivity contribution < 1.29 is 29.3 Å². The molecule has 4 aliphatic rings. The normalized spacial score (nSPS) is 26.0. The van der Waals surface area contributed by atoms with E-state index in [2.05, 4.69) is 11.0 Å². The summed E-state index contributed by atoms with van der Waals surface area (Å²) in [5.41, 5.74) is 3.46. The van der Waals surface area contributed by atoms with Crippen LogP contribution in [0.5, 0.6) is 0 Å². The van der Waals surface area contributed by atoms with E-state index >= 15 is 0 Å². The number of fused-ring (bicyclic) bond motifs is 4. The highest BCUT2D eigenvalue weighted by atomic mass is 16.6. The number of carbonyl (C=O) groups is 3. The van der Waals surface area contributed by atoms with Crippen LogP contribution in [0.3, 0.4) is 0 Å². The summed E-state index contributed by atoms with van der Waals surface area (Å²) in [6.45, 7) is 3.47. The lowest BCUT2D eigenvalue weighted by molar-refractivity contribution is -0.145. The van der Waals surface area contributed by atoms with Gasteiger partial charge in [0.1, 0.15) is 6.10 Å². The van der Waals surface area contributed by atoms with E-state index < -0.39 is 24.3 Å². The first-order chi connectivity index (χ1) is 16.9. The monoisotopic (exact) mass is 478 g/mol. The lowest BCUT2D eigenvalue weighted by Crippen LogP contribution is -2.53. The number of hydrogen-bond acceptors (Lipinski definition) is 5. The molecule has 2 aromatic carbocycles. The van der Waals surface area contributed by atoms with Crippen molar-refractivity contribution in [2.24, 2.45) is 5.92 Å². The van der Waals surface area contributed by atoms with Gasteiger partial charge in [-0.25, -0.2) is 4.79 Å². The Labute approximate surface area is 204 Å². The van der Waals surface area contributed by atoms with Crippen LogP contribution in [-0.4, -0.2) is 70.3 Å². The van der Waals surface area contributed by atoms with E-state index in [1.54, 1.807) is 29.2 Å². The third-order valence-electron chi connectivity index (χ3n) is 7.70. The van der Waals surface area contributed by atoms with Crippen molar-refractivity contribution in [3.63, 3.8) is 0 Å². The fraction of sp³-hybridized carbons (Fsp3) is 0.444. The lowest BCUT2D eigenvalue weighted by Gasteiger charge is -2.45. The summed E-state index contributed by atoms with van der Waals surface area (Å²) < 4.78 is 6.07. The molecule has 35 heavy (non-hydrogen) atoms. The molecule has 2 N–H and O–H groups in total. The van der Waals surface area contributed by atoms with Crippen LogP contribution in [0.2, 0.25) is 0 Å². The first-order valence-electron chi connectivity index (χ1n) is 12.2. The zero-order chi connectivity index (χ0) is 24.5. The summed E-state index contributed by atoms with van der Waals surface area (Å²) in [4.78, 5) is 40.4. The topological polar surface area (TPSA) is 107 Å². The van der Waals surface area contributed by atoms with E-state index in [4.69, 9.17) is 9.84 Å². The zero-order valence-electron chi connectivity index (χ0n) is 19.5. The molecule has 6 rings (SSSR count). The molecule has 184 valence electrons. The molecular weight excluding hydrogens is 448 g/mol. The molecule has 8 nitrogen and oxygen atoms in total. The molecule has 3 fully saturated rings. The second kappa shape index (κ2) is 9.70. The molecule has 0 saturated carbocycles. The Morgan fingerprint density at radius 2 is 1.69 bits per heavy atom. The van der Waals surface area contributed by atoms with Crippen LogP contribution in [0.1, 0.15) is 53.5 Å². The summed E-state index contributed by atoms with van der Waals surface area (Å²) >= 11 is 0. The van der Waals surface area contributed by atoms with Gasteiger partial charge >= 0.3 is 18.0 Å². The molecule has 1 amide bonds. The number of benzene rings is 2. The number of carboxylic acid groups (broad SMARTS) is 2. The maximum absolute atomic E-state index is 13.5. The number of ether oxygens (including phenoxy) is 1. The third kappa shape index (κ3) is 4.75. The Balaban J connectivity index is 1.42. The molecule has 0 radical (unpaired) electrons. The summed E-state index contributed by atoms with van der Waals surface area (Å²) in [6.07, 6.45) is 1.97. The fourth-order valence-corrected chi connectivity index (χ4v) is 5.80. The van der Waals surface area contributed by atoms with Gasteiger partial charge in [-0.3, -0.25) is 19.4 Å². The van der Waals surface area contributed by atoms with E-state index in [0.717, 1.165) is 50.0 Å². The Hall–Kier alpha value is -3.39. The summed E-state index contributed by atoms with van der Waals surface area (Å²) in [7, 11) is 0. The Morgan fingerprint density at radius 1 is 0.971 bits per heavy atom.